The van der Waals surface area contributed by atoms with Gasteiger partial charge >= 0.3 is 19.8 Å². The van der Waals surface area contributed by atoms with Crippen molar-refractivity contribution >= 4 is 19.8 Å². The van der Waals surface area contributed by atoms with Crippen LogP contribution in [0.5, 0.6) is 0 Å². The molecular weight excluding hydrogens is 814 g/mol. The fraction of sp³-hybridized carbons (Fsp3) is 0.808. The van der Waals surface area contributed by atoms with Crippen molar-refractivity contribution in [3.8, 4) is 0 Å². The maximum absolute atomic E-state index is 12.7. The predicted molar refractivity (Wildman–Crippen MR) is 261 cm³/mol. The minimum atomic E-state index is -4.40. The highest BCUT2D eigenvalue weighted by Crippen LogP contribution is 2.43. The van der Waals surface area contributed by atoms with Gasteiger partial charge in [-0.3, -0.25) is 18.6 Å². The number of ether oxygens (including phenoxy) is 3. The van der Waals surface area contributed by atoms with E-state index in [0.717, 1.165) is 38.5 Å². The van der Waals surface area contributed by atoms with Gasteiger partial charge in [0.1, 0.15) is 19.8 Å². The van der Waals surface area contributed by atoms with Crippen molar-refractivity contribution in [2.75, 3.05) is 47.5 Å². The number of nitrogens with zero attached hydrogens (tertiary/aromatic N) is 1. The van der Waals surface area contributed by atoms with E-state index < -0.39 is 26.5 Å². The first-order chi connectivity index (χ1) is 30.5. The number of unbranched alkanes of at least 4 members (excludes halogenated alkanes) is 20. The predicted octanol–water partition coefficient (Wildman–Crippen LogP) is 14.0. The molecule has 1 heterocycles. The minimum absolute atomic E-state index is 0.0185. The molecule has 0 bridgehead atoms. The lowest BCUT2D eigenvalue weighted by molar-refractivity contribution is -0.870. The number of quaternary nitrogens is 1. The van der Waals surface area contributed by atoms with Crippen LogP contribution in [-0.4, -0.2) is 87.1 Å². The molecule has 4 atom stereocenters. The summed E-state index contributed by atoms with van der Waals surface area (Å²) < 4.78 is 40.1. The summed E-state index contributed by atoms with van der Waals surface area (Å²) in [7, 11) is 1.43. The summed E-state index contributed by atoms with van der Waals surface area (Å²) in [5, 5.41) is 0. The first-order valence-electron chi connectivity index (χ1n) is 25.5. The number of esters is 2. The van der Waals surface area contributed by atoms with E-state index in [4.69, 9.17) is 23.3 Å². The van der Waals surface area contributed by atoms with Crippen LogP contribution in [0.15, 0.2) is 48.6 Å². The van der Waals surface area contributed by atoms with Crippen LogP contribution in [0.2, 0.25) is 0 Å². The van der Waals surface area contributed by atoms with E-state index in [9.17, 15) is 19.0 Å². The molecule has 1 aliphatic rings. The van der Waals surface area contributed by atoms with Crippen LogP contribution < -0.4 is 0 Å². The summed E-state index contributed by atoms with van der Waals surface area (Å²) in [5.74, 6) is -0.866. The molecular formula is C52H95NO9P+. The maximum Gasteiger partial charge on any atom is 0.472 e. The number of epoxide rings is 1. The van der Waals surface area contributed by atoms with Gasteiger partial charge in [0, 0.05) is 12.8 Å². The molecule has 0 spiro atoms. The van der Waals surface area contributed by atoms with Crippen molar-refractivity contribution in [3.05, 3.63) is 48.6 Å². The van der Waals surface area contributed by atoms with E-state index in [2.05, 4.69) is 62.5 Å². The van der Waals surface area contributed by atoms with Crippen molar-refractivity contribution in [2.24, 2.45) is 0 Å². The monoisotopic (exact) mass is 909 g/mol. The van der Waals surface area contributed by atoms with Crippen LogP contribution >= 0.6 is 7.82 Å². The van der Waals surface area contributed by atoms with Gasteiger partial charge in [-0.15, -0.1) is 0 Å². The minimum Gasteiger partial charge on any atom is -0.462 e. The SMILES string of the molecule is CCCCCCCC/C=C\CCCCCCCCCCCCCC(=O)OC[C@H](COP(=O)(O)OCC[N+](C)(C)C)OC(=O)CCC/C=C\C/C=C\C/C=C\CC1OC1CCCCC. The third kappa shape index (κ3) is 41.1. The molecule has 0 aromatic heterocycles. The quantitative estimate of drug-likeness (QED) is 0.0159. The Morgan fingerprint density at radius 2 is 1.08 bits per heavy atom. The highest BCUT2D eigenvalue weighted by Gasteiger charge is 2.36. The Morgan fingerprint density at radius 3 is 1.68 bits per heavy atom. The molecule has 0 radical (unpaired) electrons. The highest BCUT2D eigenvalue weighted by atomic mass is 31.2. The van der Waals surface area contributed by atoms with Crippen molar-refractivity contribution in [2.45, 2.75) is 225 Å². The average molecular weight is 909 g/mol. The molecule has 1 fully saturated rings. The van der Waals surface area contributed by atoms with E-state index >= 15 is 0 Å². The zero-order valence-electron chi connectivity index (χ0n) is 41.0. The summed E-state index contributed by atoms with van der Waals surface area (Å²) >= 11 is 0. The molecule has 0 aromatic rings. The number of carbonyl (C=O) groups excluding carboxylic acids is 2. The molecule has 1 saturated heterocycles. The van der Waals surface area contributed by atoms with Gasteiger partial charge in [-0.1, -0.05) is 172 Å². The first-order valence-corrected chi connectivity index (χ1v) is 27.0. The first kappa shape index (κ1) is 58.9. The molecule has 0 amide bonds. The number of hydrogen-bond donors (Lipinski definition) is 1. The second-order valence-electron chi connectivity index (χ2n) is 18.6. The molecule has 11 heteroatoms. The number of rotatable bonds is 45. The topological polar surface area (TPSA) is 121 Å². The van der Waals surface area contributed by atoms with Gasteiger partial charge in [-0.25, -0.2) is 4.57 Å². The normalized spacial score (nSPS) is 17.0. The summed E-state index contributed by atoms with van der Waals surface area (Å²) in [6, 6.07) is 0. The Hall–Kier alpha value is -2.07. The maximum atomic E-state index is 12.7. The van der Waals surface area contributed by atoms with Gasteiger partial charge in [0.2, 0.25) is 0 Å². The third-order valence-electron chi connectivity index (χ3n) is 11.3. The fourth-order valence-corrected chi connectivity index (χ4v) is 7.90. The average Bonchev–Trinajstić information content (AvgIpc) is 3.99. The molecule has 0 aliphatic carbocycles. The zero-order valence-corrected chi connectivity index (χ0v) is 41.9. The van der Waals surface area contributed by atoms with Crippen LogP contribution in [-0.2, 0) is 37.4 Å². The Labute approximate surface area is 386 Å². The van der Waals surface area contributed by atoms with E-state index in [1.165, 1.54) is 128 Å². The summed E-state index contributed by atoms with van der Waals surface area (Å²) in [6.45, 7) is 4.33. The summed E-state index contributed by atoms with van der Waals surface area (Å²) in [6.07, 6.45) is 50.6. The van der Waals surface area contributed by atoms with E-state index in [1.54, 1.807) is 0 Å². The lowest BCUT2D eigenvalue weighted by Gasteiger charge is -2.24. The van der Waals surface area contributed by atoms with E-state index in [-0.39, 0.29) is 32.0 Å². The standard InChI is InChI=1S/C52H94NO9P/c1-6-8-10-11-12-13-14-15-16-17-18-19-20-21-22-23-24-28-31-34-38-42-51(54)58-46-48(47-60-63(56,57)59-45-44-53(3,4)5)61-52(55)43-39-35-32-29-26-25-27-30-33-37-41-50-49(62-50)40-36-9-7-2/h15-16,25,27,29,32-33,37,48-50H,6-14,17-24,26,28,30-31,34-36,38-47H2,1-5H3/p+1/b16-15-,27-25-,32-29-,37-33-/t48-,49?,50?/m1/s1. The lowest BCUT2D eigenvalue weighted by atomic mass is 10.0. The number of phosphoric acid groups is 1. The lowest BCUT2D eigenvalue weighted by Crippen LogP contribution is -2.37. The molecule has 63 heavy (non-hydrogen) atoms. The second kappa shape index (κ2) is 40.2. The zero-order chi connectivity index (χ0) is 46.1. The number of carbonyl (C=O) groups is 2. The van der Waals surface area contributed by atoms with Crippen LogP contribution in [0.1, 0.15) is 206 Å². The number of allylic oxidation sites excluding steroid dienone is 7. The van der Waals surface area contributed by atoms with Gasteiger partial charge < -0.3 is 23.6 Å². The van der Waals surface area contributed by atoms with Crippen LogP contribution in [0.3, 0.4) is 0 Å². The van der Waals surface area contributed by atoms with Gasteiger partial charge in [0.05, 0.1) is 40.0 Å². The van der Waals surface area contributed by atoms with Gasteiger partial charge in [-0.2, -0.15) is 0 Å². The second-order valence-corrected chi connectivity index (χ2v) is 20.0. The smallest absolute Gasteiger partial charge is 0.462 e. The molecule has 0 aromatic carbocycles. The number of hydrogen-bond acceptors (Lipinski definition) is 8. The highest BCUT2D eigenvalue weighted by molar-refractivity contribution is 7.47. The molecule has 1 rings (SSSR count). The van der Waals surface area contributed by atoms with Crippen molar-refractivity contribution in [1.82, 2.24) is 0 Å². The van der Waals surface area contributed by atoms with Gasteiger partial charge in [0.15, 0.2) is 6.10 Å². The van der Waals surface area contributed by atoms with Crippen molar-refractivity contribution in [3.63, 3.8) is 0 Å². The van der Waals surface area contributed by atoms with Crippen LogP contribution in [0.4, 0.5) is 0 Å². The molecule has 366 valence electrons. The third-order valence-corrected chi connectivity index (χ3v) is 12.2. The van der Waals surface area contributed by atoms with Crippen LogP contribution in [0, 0.1) is 0 Å². The largest absolute Gasteiger partial charge is 0.472 e. The summed E-state index contributed by atoms with van der Waals surface area (Å²) in [4.78, 5) is 35.5. The molecule has 0 saturated carbocycles. The Morgan fingerprint density at radius 1 is 0.587 bits per heavy atom. The molecule has 1 aliphatic heterocycles. The van der Waals surface area contributed by atoms with E-state index in [0.29, 0.717) is 36.1 Å². The Kier molecular flexibility index (Phi) is 37.6. The molecule has 10 nitrogen and oxygen atoms in total. The Bertz CT molecular complexity index is 1280. The molecule has 3 unspecified atom stereocenters. The number of phosphoric ester groups is 1. The van der Waals surface area contributed by atoms with Gasteiger partial charge in [-0.05, 0) is 70.6 Å². The van der Waals surface area contributed by atoms with Crippen molar-refractivity contribution in [1.29, 1.82) is 0 Å². The van der Waals surface area contributed by atoms with Crippen molar-refractivity contribution < 1.29 is 46.8 Å². The summed E-state index contributed by atoms with van der Waals surface area (Å²) in [5.41, 5.74) is 0. The molecule has 1 N–H and O–H groups in total. The Balaban J connectivity index is 2.24. The fourth-order valence-electron chi connectivity index (χ4n) is 7.15. The van der Waals surface area contributed by atoms with E-state index in [1.807, 2.05) is 21.1 Å². The van der Waals surface area contributed by atoms with Crippen LogP contribution in [0.25, 0.3) is 0 Å². The van der Waals surface area contributed by atoms with Gasteiger partial charge in [0.25, 0.3) is 0 Å². The number of likely N-dealkylation sites (N-methyl/N-ethyl adjacent to an activating group) is 1.